The predicted octanol–water partition coefficient (Wildman–Crippen LogP) is 3.46. The fraction of sp³-hybridized carbons (Fsp3) is 0.176. The third kappa shape index (κ3) is 4.32. The van der Waals surface area contributed by atoms with E-state index in [1.807, 2.05) is 6.92 Å². The molecule has 0 aliphatic rings. The second kappa shape index (κ2) is 7.78. The quantitative estimate of drug-likeness (QED) is 0.839. The van der Waals surface area contributed by atoms with E-state index in [2.05, 4.69) is 26.6 Å². The van der Waals surface area contributed by atoms with Crippen LogP contribution < -0.4 is 15.4 Å². The van der Waals surface area contributed by atoms with Gasteiger partial charge in [-0.1, -0.05) is 6.07 Å². The highest BCUT2D eigenvalue weighted by Crippen LogP contribution is 2.23. The number of rotatable bonds is 5. The Morgan fingerprint density at radius 1 is 1.13 bits per heavy atom. The molecule has 2 amide bonds. The summed E-state index contributed by atoms with van der Waals surface area (Å²) in [6, 6.07) is 11.9. The molecule has 23 heavy (non-hydrogen) atoms. The van der Waals surface area contributed by atoms with E-state index >= 15 is 0 Å². The molecular formula is C17H17BrN2O3. The molecule has 5 nitrogen and oxygen atoms in total. The van der Waals surface area contributed by atoms with Gasteiger partial charge in [-0.2, -0.15) is 0 Å². The number of hydrogen-bond acceptors (Lipinski definition) is 3. The van der Waals surface area contributed by atoms with E-state index in [4.69, 9.17) is 4.74 Å². The molecule has 2 rings (SSSR count). The second-order valence-corrected chi connectivity index (χ2v) is 5.59. The average Bonchev–Trinajstić information content (AvgIpc) is 2.55. The lowest BCUT2D eigenvalue weighted by Crippen LogP contribution is -2.22. The molecule has 2 aromatic carbocycles. The summed E-state index contributed by atoms with van der Waals surface area (Å²) in [6.07, 6.45) is 0. The maximum atomic E-state index is 12.4. The minimum atomic E-state index is -0.288. The molecule has 0 aliphatic heterocycles. The Labute approximate surface area is 143 Å². The van der Waals surface area contributed by atoms with E-state index in [0.717, 1.165) is 0 Å². The molecule has 0 radical (unpaired) electrons. The zero-order valence-electron chi connectivity index (χ0n) is 12.9. The van der Waals surface area contributed by atoms with E-state index in [9.17, 15) is 9.59 Å². The van der Waals surface area contributed by atoms with Gasteiger partial charge in [-0.15, -0.1) is 0 Å². The van der Waals surface area contributed by atoms with Crippen molar-refractivity contribution in [2.75, 3.05) is 19.0 Å². The molecule has 0 saturated heterocycles. The van der Waals surface area contributed by atoms with Gasteiger partial charge in [0, 0.05) is 22.3 Å². The fourth-order valence-corrected chi connectivity index (χ4v) is 2.43. The molecule has 0 aliphatic carbocycles. The van der Waals surface area contributed by atoms with Gasteiger partial charge in [0.15, 0.2) is 0 Å². The molecule has 0 aromatic heterocycles. The largest absolute Gasteiger partial charge is 0.497 e. The number of nitrogens with one attached hydrogen (secondary N) is 2. The summed E-state index contributed by atoms with van der Waals surface area (Å²) in [5.74, 6) is 0.129. The van der Waals surface area contributed by atoms with Crippen molar-refractivity contribution >= 4 is 33.4 Å². The summed E-state index contributed by atoms with van der Waals surface area (Å²) in [4.78, 5) is 24.3. The molecule has 2 N–H and O–H groups in total. The van der Waals surface area contributed by atoms with E-state index in [0.29, 0.717) is 33.6 Å². The van der Waals surface area contributed by atoms with Crippen molar-refractivity contribution in [1.82, 2.24) is 5.32 Å². The first-order valence-corrected chi connectivity index (χ1v) is 7.87. The van der Waals surface area contributed by atoms with E-state index in [1.54, 1.807) is 49.6 Å². The first-order chi connectivity index (χ1) is 11.0. The van der Waals surface area contributed by atoms with Crippen LogP contribution in [0.1, 0.15) is 27.6 Å². The second-order valence-electron chi connectivity index (χ2n) is 4.74. The molecule has 0 spiro atoms. The van der Waals surface area contributed by atoms with Crippen LogP contribution in [0, 0.1) is 0 Å². The van der Waals surface area contributed by atoms with Crippen LogP contribution in [0.3, 0.4) is 0 Å². The number of carbonyl (C=O) groups is 2. The Hall–Kier alpha value is -2.34. The van der Waals surface area contributed by atoms with Gasteiger partial charge in [0.25, 0.3) is 11.8 Å². The van der Waals surface area contributed by atoms with Crippen LogP contribution in [-0.2, 0) is 0 Å². The summed E-state index contributed by atoms with van der Waals surface area (Å²) in [5, 5.41) is 5.51. The smallest absolute Gasteiger partial charge is 0.256 e. The van der Waals surface area contributed by atoms with Gasteiger partial charge in [0.05, 0.1) is 12.7 Å². The molecule has 0 atom stereocenters. The van der Waals surface area contributed by atoms with Crippen molar-refractivity contribution in [3.63, 3.8) is 0 Å². The minimum absolute atomic E-state index is 0.175. The fourth-order valence-electron chi connectivity index (χ4n) is 2.00. The summed E-state index contributed by atoms with van der Waals surface area (Å²) in [7, 11) is 1.54. The van der Waals surface area contributed by atoms with E-state index < -0.39 is 0 Å². The zero-order valence-corrected chi connectivity index (χ0v) is 14.4. The van der Waals surface area contributed by atoms with Crippen LogP contribution in [0.25, 0.3) is 0 Å². The number of methoxy groups -OCH3 is 1. The van der Waals surface area contributed by atoms with Crippen molar-refractivity contribution < 1.29 is 14.3 Å². The van der Waals surface area contributed by atoms with Crippen LogP contribution in [0.15, 0.2) is 46.9 Å². The summed E-state index contributed by atoms with van der Waals surface area (Å²) < 4.78 is 5.80. The van der Waals surface area contributed by atoms with Gasteiger partial charge in [0.2, 0.25) is 0 Å². The third-order valence-corrected chi connectivity index (χ3v) is 3.83. The number of carbonyl (C=O) groups excluding carboxylic acids is 2. The van der Waals surface area contributed by atoms with Crippen LogP contribution in [0.2, 0.25) is 0 Å². The van der Waals surface area contributed by atoms with E-state index in [-0.39, 0.29) is 11.8 Å². The molecule has 0 fully saturated rings. The molecule has 0 unspecified atom stereocenters. The van der Waals surface area contributed by atoms with Crippen molar-refractivity contribution in [3.05, 3.63) is 58.1 Å². The van der Waals surface area contributed by atoms with Crippen LogP contribution >= 0.6 is 15.9 Å². The number of hydrogen-bond donors (Lipinski definition) is 2. The normalized spacial score (nSPS) is 10.0. The number of ether oxygens (including phenoxy) is 1. The van der Waals surface area contributed by atoms with Crippen molar-refractivity contribution in [3.8, 4) is 5.75 Å². The number of anilines is 1. The first-order valence-electron chi connectivity index (χ1n) is 7.08. The van der Waals surface area contributed by atoms with Gasteiger partial charge in [0.1, 0.15) is 5.75 Å². The van der Waals surface area contributed by atoms with Gasteiger partial charge in [-0.25, -0.2) is 0 Å². The molecule has 0 heterocycles. The van der Waals surface area contributed by atoms with Gasteiger partial charge in [-0.05, 0) is 59.3 Å². The van der Waals surface area contributed by atoms with Crippen molar-refractivity contribution in [2.45, 2.75) is 6.92 Å². The van der Waals surface area contributed by atoms with Gasteiger partial charge < -0.3 is 15.4 Å². The lowest BCUT2D eigenvalue weighted by molar-refractivity contribution is 0.0954. The van der Waals surface area contributed by atoms with Crippen molar-refractivity contribution in [1.29, 1.82) is 0 Å². The molecular weight excluding hydrogens is 360 g/mol. The highest BCUT2D eigenvalue weighted by atomic mass is 79.9. The number of halogens is 1. The zero-order chi connectivity index (χ0) is 16.8. The Bertz CT molecular complexity index is 732. The highest BCUT2D eigenvalue weighted by molar-refractivity contribution is 9.10. The van der Waals surface area contributed by atoms with Crippen molar-refractivity contribution in [2.24, 2.45) is 0 Å². The maximum Gasteiger partial charge on any atom is 0.256 e. The molecule has 0 saturated carbocycles. The SMILES string of the molecule is CCNC(=O)c1cccc(NC(=O)c2cc(OC)ccc2Br)c1. The van der Waals surface area contributed by atoms with Gasteiger partial charge >= 0.3 is 0 Å². The monoisotopic (exact) mass is 376 g/mol. The maximum absolute atomic E-state index is 12.4. The molecule has 6 heteroatoms. The standard InChI is InChI=1S/C17H17BrN2O3/c1-3-19-16(21)11-5-4-6-12(9-11)20-17(22)14-10-13(23-2)7-8-15(14)18/h4-10H,3H2,1-2H3,(H,19,21)(H,20,22). The van der Waals surface area contributed by atoms with Crippen LogP contribution in [0.4, 0.5) is 5.69 Å². The van der Waals surface area contributed by atoms with E-state index in [1.165, 1.54) is 0 Å². The Morgan fingerprint density at radius 2 is 1.91 bits per heavy atom. The molecule has 120 valence electrons. The van der Waals surface area contributed by atoms with Crippen LogP contribution in [0.5, 0.6) is 5.75 Å². The third-order valence-electron chi connectivity index (χ3n) is 3.14. The summed E-state index contributed by atoms with van der Waals surface area (Å²) >= 11 is 3.35. The highest BCUT2D eigenvalue weighted by Gasteiger charge is 2.13. The predicted molar refractivity (Wildman–Crippen MR) is 93.1 cm³/mol. The topological polar surface area (TPSA) is 67.4 Å². The average molecular weight is 377 g/mol. The summed E-state index contributed by atoms with van der Waals surface area (Å²) in [6.45, 7) is 2.40. The Balaban J connectivity index is 2.20. The summed E-state index contributed by atoms with van der Waals surface area (Å²) in [5.41, 5.74) is 1.50. The number of amides is 2. The minimum Gasteiger partial charge on any atom is -0.497 e. The lowest BCUT2D eigenvalue weighted by atomic mass is 10.1. The molecule has 0 bridgehead atoms. The lowest BCUT2D eigenvalue weighted by Gasteiger charge is -2.10. The molecule has 2 aromatic rings. The first kappa shape index (κ1) is 17.0. The van der Waals surface area contributed by atoms with Crippen LogP contribution in [-0.4, -0.2) is 25.5 Å². The number of benzene rings is 2. The Kier molecular flexibility index (Phi) is 5.76. The Morgan fingerprint density at radius 3 is 2.61 bits per heavy atom. The van der Waals surface area contributed by atoms with Gasteiger partial charge in [-0.3, -0.25) is 9.59 Å².